The van der Waals surface area contributed by atoms with E-state index in [2.05, 4.69) is 293 Å². The number of unbranched alkanes of at least 4 members (excludes halogenated alkanes) is 1. The Bertz CT molecular complexity index is 6870. The van der Waals surface area contributed by atoms with E-state index in [4.69, 9.17) is 49.4 Å². The molecule has 632 valence electrons. The molecule has 5 aliphatic rings. The van der Waals surface area contributed by atoms with Gasteiger partial charge in [0.05, 0.1) is 28.2 Å². The molecule has 129 heavy (non-hydrogen) atoms. The van der Waals surface area contributed by atoms with Gasteiger partial charge in [0.25, 0.3) is 5.97 Å². The Morgan fingerprint density at radius 1 is 0.395 bits per heavy atom. The van der Waals surface area contributed by atoms with E-state index >= 15 is 0 Å². The van der Waals surface area contributed by atoms with E-state index in [0.717, 1.165) is 147 Å². The van der Waals surface area contributed by atoms with Crippen LogP contribution in [-0.2, 0) is 20.5 Å². The number of para-hydroxylation sites is 3. The first kappa shape index (κ1) is 91.2. The second-order valence-electron chi connectivity index (χ2n) is 31.4. The third kappa shape index (κ3) is 18.1. The fourth-order valence-electron chi connectivity index (χ4n) is 18.1. The van der Waals surface area contributed by atoms with Crippen LogP contribution >= 0.6 is 63.1 Å². The minimum Gasteiger partial charge on any atom is -0.481 e. The molecule has 23 rings (SSSR count). The van der Waals surface area contributed by atoms with Gasteiger partial charge in [-0.2, -0.15) is 6.42 Å². The van der Waals surface area contributed by atoms with Gasteiger partial charge in [-0.05, 0) is 210 Å². The summed E-state index contributed by atoms with van der Waals surface area (Å²) in [7, 11) is 0. The van der Waals surface area contributed by atoms with Crippen LogP contribution in [-0.4, -0.2) is 35.2 Å². The van der Waals surface area contributed by atoms with Crippen molar-refractivity contribution in [2.75, 3.05) is 27.9 Å². The largest absolute Gasteiger partial charge is 1.00 e. The molecule has 3 aliphatic carbocycles. The Morgan fingerprint density at radius 3 is 1.19 bits per heavy atom. The molecular formula is C115H91BrCl4LiN3O5. The van der Waals surface area contributed by atoms with Crippen LogP contribution in [0.5, 0.6) is 0 Å². The zero-order valence-corrected chi connectivity index (χ0v) is 76.3. The van der Waals surface area contributed by atoms with Gasteiger partial charge in [-0.25, -0.2) is 0 Å². The molecular weight excluding hydrogens is 1730 g/mol. The van der Waals surface area contributed by atoms with Crippen LogP contribution in [0.3, 0.4) is 0 Å². The van der Waals surface area contributed by atoms with Crippen LogP contribution in [0.4, 0.5) is 51.2 Å². The van der Waals surface area contributed by atoms with E-state index < -0.39 is 17.0 Å². The average molecular weight is 1820 g/mol. The predicted octanol–water partition coefficient (Wildman–Crippen LogP) is 29.4. The first-order valence-corrected chi connectivity index (χ1v) is 44.6. The molecule has 0 atom stereocenters. The number of carbonyl (C=O) groups is 2. The number of carboxylic acid groups (broad SMARTS) is 1. The molecule has 0 unspecified atom stereocenters. The summed E-state index contributed by atoms with van der Waals surface area (Å²) in [5, 5.41) is 29.5. The molecule has 0 saturated carbocycles. The zero-order chi connectivity index (χ0) is 87.5. The molecule has 0 radical (unpaired) electrons. The van der Waals surface area contributed by atoms with Crippen LogP contribution in [0.25, 0.3) is 65.7 Å². The monoisotopic (exact) mass is 1820 g/mol. The van der Waals surface area contributed by atoms with Crippen molar-refractivity contribution in [1.29, 1.82) is 0 Å². The Balaban J connectivity index is 0.000000130. The van der Waals surface area contributed by atoms with Crippen molar-refractivity contribution >= 4 is 158 Å². The summed E-state index contributed by atoms with van der Waals surface area (Å²) in [4.78, 5) is 27.8. The molecule has 0 bridgehead atoms. The molecule has 2 N–H and O–H groups in total. The van der Waals surface area contributed by atoms with Gasteiger partial charge in [0.2, 0.25) is 0 Å². The van der Waals surface area contributed by atoms with Gasteiger partial charge in [0, 0.05) is 112 Å². The molecule has 14 heteroatoms. The number of aliphatic carboxylic acids is 1. The maximum atomic E-state index is 12.9. The van der Waals surface area contributed by atoms with Crippen LogP contribution in [0.2, 0.25) is 15.1 Å². The van der Waals surface area contributed by atoms with Crippen LogP contribution in [0.15, 0.2) is 417 Å². The second-order valence-corrected chi connectivity index (χ2v) is 33.5. The summed E-state index contributed by atoms with van der Waals surface area (Å²) >= 11 is 23.0. The Labute approximate surface area is 796 Å². The number of ketones is 1. The molecule has 1 saturated heterocycles. The molecule has 18 aromatic rings. The van der Waals surface area contributed by atoms with Gasteiger partial charge in [-0.3, -0.25) is 9.59 Å². The van der Waals surface area contributed by atoms with Gasteiger partial charge in [-0.1, -0.05) is 351 Å². The fourth-order valence-corrected chi connectivity index (χ4v) is 19.1. The molecule has 2 heterocycles. The number of carboxylic acids is 1. The van der Waals surface area contributed by atoms with Gasteiger partial charge in [0.15, 0.2) is 5.78 Å². The number of hydrogen-bond donors (Lipinski definition) is 2. The number of nitrogens with zero attached hydrogens (tertiary/aromatic N) is 3. The number of ether oxygens (including phenoxy) is 1. The number of benzene rings is 18. The number of halogens is 5. The van der Waals surface area contributed by atoms with E-state index in [1.807, 2.05) is 164 Å². The normalized spacial score (nSPS) is 12.8. The second kappa shape index (κ2) is 41.3. The van der Waals surface area contributed by atoms with E-state index in [0.29, 0.717) is 5.02 Å². The van der Waals surface area contributed by atoms with Crippen molar-refractivity contribution in [2.45, 2.75) is 50.5 Å². The molecule has 0 aromatic heterocycles. The first-order valence-electron chi connectivity index (χ1n) is 42.7. The van der Waals surface area contributed by atoms with Crippen LogP contribution < -0.4 is 33.6 Å². The number of anilines is 9. The molecule has 18 aromatic carbocycles. The molecule has 1 spiro atoms. The third-order valence-corrected chi connectivity index (χ3v) is 25.0. The van der Waals surface area contributed by atoms with E-state index in [1.165, 1.54) is 79.9 Å². The minimum absolute atomic E-state index is 0. The van der Waals surface area contributed by atoms with Crippen molar-refractivity contribution in [2.24, 2.45) is 0 Å². The fraction of sp³-hybridized carbons (Fsp3) is 0.0870. The Morgan fingerprint density at radius 2 is 0.736 bits per heavy atom. The van der Waals surface area contributed by atoms with E-state index in [1.54, 1.807) is 0 Å². The quantitative estimate of drug-likeness (QED) is 0.109. The minimum atomic E-state index is -1.34. The summed E-state index contributed by atoms with van der Waals surface area (Å²) in [5.41, 5.74) is 24.1. The SMILES string of the molecule is C1CCOC1.CC(=O)O.Cl.Clc1ccc(N(c2ccccc2)c2c(Br)ccc3ccccc23)cc1.Clc1ccc2c(c1)C1(c3ccccc3-c3ccccc31)c1ccc3ccccc3c1N2c1ccccc1.O=C1c2ccccc2-c2ccccc21.OC1(c2ccc3ccccc3c2N(c2ccccc2)c2ccc(Cl)cc2)c2ccccc2-c2ccccc21.[CH2-]CCC.[Li+]. The first-order chi connectivity index (χ1) is 62.2. The van der Waals surface area contributed by atoms with Gasteiger partial charge in [-0.15, -0.1) is 12.4 Å². The smallest absolute Gasteiger partial charge is 0.481 e. The standard InChI is InChI=1S/C35H24ClNO.C35H22ClN.C22H15BrClN.C13H8O.C4H8O.C4H9.C2H4O2.ClH.Li/c36-25-19-21-27(22-20-25)37(26-11-2-1-3-12-26)34-28-13-5-4-10-24(28)18-23-33(34)35(38)31-16-8-6-14-29(31)30-15-7-9-17-32(30)35;36-24-19-21-33-32(22-24)35(29-16-8-6-14-27(29)28-15-7-9-17-30(28)35)31-20-18-23-10-4-5-13-26(23)34(31)37(33)25-11-2-1-3-12-25;23-21-15-10-16-6-4-5-9-20(16)22(21)25(18-7-2-1-3-8-18)19-13-11-17(24)12-14-19;14-13-11-7-3-1-5-9(11)10-6-2-4-8-12(10)13;1-2-4-5-3-1;1-3-4-2;1-2(3)4;;/h1-23,38H;1-22H;1-15H;1-8H;1-4H2;1,3-4H2,2H3;1H3,(H,3,4);1H;/q;;;;;-1;;;+1. The number of carbonyl (C=O) groups excluding carboxylic acids is 1. The summed E-state index contributed by atoms with van der Waals surface area (Å²) in [5.74, 6) is -0.684. The summed E-state index contributed by atoms with van der Waals surface area (Å²) in [6, 6.07) is 142. The number of rotatable bonds is 9. The van der Waals surface area contributed by atoms with Crippen molar-refractivity contribution in [1.82, 2.24) is 0 Å². The van der Waals surface area contributed by atoms with Gasteiger partial charge in [0.1, 0.15) is 5.60 Å². The summed E-state index contributed by atoms with van der Waals surface area (Å²) < 4.78 is 5.99. The average Bonchev–Trinajstić information content (AvgIpc) is 1.55. The Hall–Kier alpha value is -12.6. The molecule has 2 aliphatic heterocycles. The topological polar surface area (TPSA) is 93.6 Å². The van der Waals surface area contributed by atoms with Gasteiger partial charge >= 0.3 is 18.9 Å². The van der Waals surface area contributed by atoms with Crippen molar-refractivity contribution in [3.05, 3.63) is 489 Å². The third-order valence-electron chi connectivity index (χ3n) is 23.6. The van der Waals surface area contributed by atoms with E-state index in [9.17, 15) is 9.90 Å². The number of hydrogen-bond acceptors (Lipinski definition) is 7. The van der Waals surface area contributed by atoms with E-state index in [-0.39, 0.29) is 37.1 Å². The predicted molar refractivity (Wildman–Crippen MR) is 540 cm³/mol. The zero-order valence-electron chi connectivity index (χ0n) is 71.6. The Kier molecular flexibility index (Phi) is 29.2. The molecule has 8 nitrogen and oxygen atoms in total. The summed E-state index contributed by atoms with van der Waals surface area (Å²) in [6.07, 6.45) is 4.83. The van der Waals surface area contributed by atoms with Crippen molar-refractivity contribution in [3.63, 3.8) is 0 Å². The van der Waals surface area contributed by atoms with Crippen molar-refractivity contribution in [3.8, 4) is 33.4 Å². The summed E-state index contributed by atoms with van der Waals surface area (Å²) in [6.45, 7) is 8.81. The maximum Gasteiger partial charge on any atom is 1.00 e. The van der Waals surface area contributed by atoms with Gasteiger partial charge < -0.3 is 36.6 Å². The van der Waals surface area contributed by atoms with Crippen LogP contribution in [0, 0.1) is 6.92 Å². The number of fused-ring (bicyclic) bond motifs is 19. The van der Waals surface area contributed by atoms with Crippen LogP contribution in [0.1, 0.15) is 94.4 Å². The van der Waals surface area contributed by atoms with Crippen molar-refractivity contribution < 1.29 is 43.4 Å². The molecule has 1 fully saturated rings. The number of aliphatic hydroxyl groups is 1. The molecule has 0 amide bonds. The maximum absolute atomic E-state index is 12.9.